The van der Waals surface area contributed by atoms with Crippen LogP contribution in [0, 0.1) is 0 Å². The molecule has 6 heteroatoms. The molecule has 1 heterocycles. The highest BCUT2D eigenvalue weighted by Gasteiger charge is 2.37. The van der Waals surface area contributed by atoms with Gasteiger partial charge in [-0.2, -0.15) is 0 Å². The van der Waals surface area contributed by atoms with Crippen LogP contribution in [0.4, 0.5) is 0 Å². The summed E-state index contributed by atoms with van der Waals surface area (Å²) in [6.07, 6.45) is 0.871. The van der Waals surface area contributed by atoms with Gasteiger partial charge < -0.3 is 19.5 Å². The monoisotopic (exact) mass is 626 g/mol. The van der Waals surface area contributed by atoms with E-state index < -0.39 is 6.23 Å². The number of ether oxygens (including phenoxy) is 2. The first-order valence-corrected chi connectivity index (χ1v) is 16.4. The molecule has 2 atom stereocenters. The first kappa shape index (κ1) is 32.0. The number of rotatable bonds is 14. The predicted molar refractivity (Wildman–Crippen MR) is 185 cm³/mol. The van der Waals surface area contributed by atoms with Gasteiger partial charge in [0.25, 0.3) is 0 Å². The Balaban J connectivity index is 1.18. The van der Waals surface area contributed by atoms with Crippen LogP contribution in [0.15, 0.2) is 140 Å². The summed E-state index contributed by atoms with van der Waals surface area (Å²) in [6, 6.07) is 46.3. The van der Waals surface area contributed by atoms with Crippen LogP contribution < -0.4 is 9.47 Å². The fourth-order valence-electron chi connectivity index (χ4n) is 6.11. The van der Waals surface area contributed by atoms with Gasteiger partial charge in [0.05, 0.1) is 6.04 Å². The minimum Gasteiger partial charge on any atom is -0.489 e. The number of benzene rings is 5. The molecule has 1 saturated heterocycles. The van der Waals surface area contributed by atoms with E-state index >= 15 is 0 Å². The summed E-state index contributed by atoms with van der Waals surface area (Å²) < 4.78 is 12.4. The first-order chi connectivity index (χ1) is 23.1. The number of carbonyl (C=O) groups excluding carboxylic acids is 1. The van der Waals surface area contributed by atoms with E-state index in [1.54, 1.807) is 4.90 Å². The van der Waals surface area contributed by atoms with E-state index in [2.05, 4.69) is 29.2 Å². The van der Waals surface area contributed by atoms with Gasteiger partial charge in [-0.3, -0.25) is 9.69 Å². The zero-order chi connectivity index (χ0) is 32.3. The zero-order valence-corrected chi connectivity index (χ0v) is 26.7. The number of piperidine rings is 1. The molecule has 0 radical (unpaired) electrons. The molecule has 6 rings (SSSR count). The van der Waals surface area contributed by atoms with Crippen molar-refractivity contribution in [2.24, 2.45) is 0 Å². The van der Waals surface area contributed by atoms with E-state index in [-0.39, 0.29) is 11.9 Å². The summed E-state index contributed by atoms with van der Waals surface area (Å²) in [5.41, 5.74) is 5.45. The maximum atomic E-state index is 14.1. The highest BCUT2D eigenvalue weighted by atomic mass is 16.5. The summed E-state index contributed by atoms with van der Waals surface area (Å²) in [4.78, 5) is 18.0. The van der Waals surface area contributed by atoms with Crippen molar-refractivity contribution in [3.8, 4) is 11.5 Å². The molecule has 0 aliphatic carbocycles. The van der Waals surface area contributed by atoms with Crippen LogP contribution in [0.5, 0.6) is 11.5 Å². The van der Waals surface area contributed by atoms with Gasteiger partial charge in [0.15, 0.2) is 0 Å². The molecular formula is C41H42N2O4. The lowest BCUT2D eigenvalue weighted by molar-refractivity contribution is -0.155. The molecule has 47 heavy (non-hydrogen) atoms. The fourth-order valence-corrected chi connectivity index (χ4v) is 6.11. The molecule has 5 aromatic carbocycles. The molecule has 240 valence electrons. The number of hydrogen-bond acceptors (Lipinski definition) is 5. The lowest BCUT2D eigenvalue weighted by atomic mass is 9.99. The van der Waals surface area contributed by atoms with Crippen molar-refractivity contribution in [1.29, 1.82) is 0 Å². The summed E-state index contributed by atoms with van der Waals surface area (Å²) in [7, 11) is 0. The summed E-state index contributed by atoms with van der Waals surface area (Å²) in [5.74, 6) is 1.37. The highest BCUT2D eigenvalue weighted by Crippen LogP contribution is 2.28. The van der Waals surface area contributed by atoms with Crippen molar-refractivity contribution in [1.82, 2.24) is 9.80 Å². The minimum atomic E-state index is -0.819. The van der Waals surface area contributed by atoms with Crippen LogP contribution in [0.1, 0.15) is 40.7 Å². The molecule has 0 bridgehead atoms. The number of nitrogens with zero attached hydrogens (tertiary/aromatic N) is 2. The van der Waals surface area contributed by atoms with Gasteiger partial charge in [0.2, 0.25) is 5.91 Å². The van der Waals surface area contributed by atoms with Crippen molar-refractivity contribution in [2.45, 2.75) is 57.8 Å². The smallest absolute Gasteiger partial charge is 0.241 e. The number of aliphatic hydroxyl groups is 1. The Kier molecular flexibility index (Phi) is 11.0. The van der Waals surface area contributed by atoms with Crippen molar-refractivity contribution < 1.29 is 19.4 Å². The molecule has 5 aromatic rings. The van der Waals surface area contributed by atoms with Crippen LogP contribution in [0.3, 0.4) is 0 Å². The van der Waals surface area contributed by atoms with E-state index in [9.17, 15) is 9.90 Å². The Bertz CT molecular complexity index is 1580. The quantitative estimate of drug-likeness (QED) is 0.139. The highest BCUT2D eigenvalue weighted by molar-refractivity contribution is 5.83. The second-order valence-electron chi connectivity index (χ2n) is 12.1. The van der Waals surface area contributed by atoms with Gasteiger partial charge in [-0.15, -0.1) is 0 Å². The number of hydrogen-bond donors (Lipinski definition) is 1. The predicted octanol–water partition coefficient (Wildman–Crippen LogP) is 7.40. The normalized spacial score (nSPS) is 16.3. The standard InChI is InChI=1S/C41H42N2O4/c44-40-22-21-39(42(28-32-13-5-1-6-14-32)29-33-15-7-2-8-16-33)41(45)43(40)24-23-36-25-37(46-30-34-17-9-3-10-18-34)27-38(26-36)47-31-35-19-11-4-12-20-35/h1-20,25-27,39-40,44H,21-24,28-31H2/t39-,40?/m0/s1. The summed E-state index contributed by atoms with van der Waals surface area (Å²) >= 11 is 0. The van der Waals surface area contributed by atoms with Crippen LogP contribution in [-0.4, -0.2) is 39.6 Å². The zero-order valence-electron chi connectivity index (χ0n) is 26.7. The van der Waals surface area contributed by atoms with Crippen molar-refractivity contribution in [2.75, 3.05) is 6.54 Å². The maximum Gasteiger partial charge on any atom is 0.241 e. The van der Waals surface area contributed by atoms with Gasteiger partial charge in [-0.1, -0.05) is 121 Å². The Morgan fingerprint density at radius 2 is 1.04 bits per heavy atom. The average Bonchev–Trinajstić information content (AvgIpc) is 3.11. The van der Waals surface area contributed by atoms with Crippen LogP contribution in [0.2, 0.25) is 0 Å². The summed E-state index contributed by atoms with van der Waals surface area (Å²) in [5, 5.41) is 11.1. The number of amides is 1. The second-order valence-corrected chi connectivity index (χ2v) is 12.1. The number of aliphatic hydroxyl groups excluding tert-OH is 1. The Morgan fingerprint density at radius 3 is 1.51 bits per heavy atom. The topological polar surface area (TPSA) is 62.2 Å². The van der Waals surface area contributed by atoms with Gasteiger partial charge in [0.1, 0.15) is 30.9 Å². The van der Waals surface area contributed by atoms with Gasteiger partial charge in [-0.25, -0.2) is 0 Å². The SMILES string of the molecule is O=C1[C@@H](N(Cc2ccccc2)Cc2ccccc2)CCC(O)N1CCc1cc(OCc2ccccc2)cc(OCc2ccccc2)c1. The summed E-state index contributed by atoms with van der Waals surface area (Å²) in [6.45, 7) is 2.57. The fraction of sp³-hybridized carbons (Fsp3) is 0.244. The van der Waals surface area contributed by atoms with E-state index in [1.807, 2.05) is 115 Å². The van der Waals surface area contributed by atoms with Crippen molar-refractivity contribution >= 4 is 5.91 Å². The third-order valence-electron chi connectivity index (χ3n) is 8.60. The average molecular weight is 627 g/mol. The van der Waals surface area contributed by atoms with Crippen molar-refractivity contribution in [3.63, 3.8) is 0 Å². The van der Waals surface area contributed by atoms with Crippen LogP contribution >= 0.6 is 0 Å². The van der Waals surface area contributed by atoms with E-state index in [0.29, 0.717) is 63.6 Å². The van der Waals surface area contributed by atoms with Crippen molar-refractivity contribution in [3.05, 3.63) is 167 Å². The molecule has 1 unspecified atom stereocenters. The molecule has 1 fully saturated rings. The van der Waals surface area contributed by atoms with E-state index in [0.717, 1.165) is 27.8 Å². The van der Waals surface area contributed by atoms with Gasteiger partial charge >= 0.3 is 0 Å². The molecular weight excluding hydrogens is 584 g/mol. The van der Waals surface area contributed by atoms with Crippen LogP contribution in [0.25, 0.3) is 0 Å². The minimum absolute atomic E-state index is 0.0346. The Labute approximate surface area is 277 Å². The van der Waals surface area contributed by atoms with E-state index in [4.69, 9.17) is 9.47 Å². The second kappa shape index (κ2) is 16.1. The largest absolute Gasteiger partial charge is 0.489 e. The third-order valence-corrected chi connectivity index (χ3v) is 8.60. The van der Waals surface area contributed by atoms with Gasteiger partial charge in [0, 0.05) is 25.7 Å². The molecule has 1 aliphatic heterocycles. The van der Waals surface area contributed by atoms with Crippen LogP contribution in [-0.2, 0) is 37.5 Å². The molecule has 1 amide bonds. The molecule has 6 nitrogen and oxygen atoms in total. The molecule has 1 aliphatic rings. The molecule has 0 saturated carbocycles. The number of likely N-dealkylation sites (tertiary alicyclic amines) is 1. The Hall–Kier alpha value is -4.91. The molecule has 1 N–H and O–H groups in total. The lowest BCUT2D eigenvalue weighted by Crippen LogP contribution is -2.56. The van der Waals surface area contributed by atoms with E-state index in [1.165, 1.54) is 0 Å². The number of carbonyl (C=O) groups is 1. The third kappa shape index (κ3) is 9.09. The van der Waals surface area contributed by atoms with Gasteiger partial charge in [-0.05, 0) is 59.2 Å². The Morgan fingerprint density at radius 1 is 0.596 bits per heavy atom. The molecule has 0 spiro atoms. The maximum absolute atomic E-state index is 14.1. The lowest BCUT2D eigenvalue weighted by Gasteiger charge is -2.41. The molecule has 0 aromatic heterocycles. The first-order valence-electron chi connectivity index (χ1n) is 16.4.